The van der Waals surface area contributed by atoms with E-state index in [1.165, 1.54) is 9.58 Å². The first-order valence-electron chi connectivity index (χ1n) is 5.55. The highest BCUT2D eigenvalue weighted by Crippen LogP contribution is 2.18. The van der Waals surface area contributed by atoms with Gasteiger partial charge in [0.25, 0.3) is 5.91 Å². The second-order valence-electron chi connectivity index (χ2n) is 4.17. The van der Waals surface area contributed by atoms with Gasteiger partial charge in [-0.3, -0.25) is 9.59 Å². The van der Waals surface area contributed by atoms with Crippen LogP contribution in [0.1, 0.15) is 20.8 Å². The van der Waals surface area contributed by atoms with Crippen molar-refractivity contribution in [3.8, 4) is 5.69 Å². The Balaban J connectivity index is 2.46. The molecule has 0 saturated carbocycles. The number of carbonyl (C=O) groups excluding carboxylic acids is 2. The second-order valence-corrected chi connectivity index (χ2v) is 4.60. The summed E-state index contributed by atoms with van der Waals surface area (Å²) < 4.78 is 1.46. The van der Waals surface area contributed by atoms with Gasteiger partial charge in [0.2, 0.25) is 0 Å². The number of aldehydes is 1. The highest BCUT2D eigenvalue weighted by Gasteiger charge is 2.13. The number of nitrogens with zero attached hydrogens (tertiary/aromatic N) is 3. The molecule has 5 nitrogen and oxygen atoms in total. The lowest BCUT2D eigenvalue weighted by molar-refractivity contribution is 0.0821. The average molecular weight is 278 g/mol. The molecule has 1 heterocycles. The lowest BCUT2D eigenvalue weighted by Crippen LogP contribution is -2.22. The van der Waals surface area contributed by atoms with E-state index in [9.17, 15) is 9.59 Å². The third kappa shape index (κ3) is 2.66. The van der Waals surface area contributed by atoms with E-state index in [4.69, 9.17) is 11.6 Å². The summed E-state index contributed by atoms with van der Waals surface area (Å²) in [5.74, 6) is -0.201. The van der Waals surface area contributed by atoms with E-state index < -0.39 is 0 Å². The Morgan fingerprint density at radius 1 is 1.37 bits per heavy atom. The standard InChI is InChI=1S/C13H12ClN3O2/c1-16(2)13(19)11-5-6-17(15-11)12-7-10(14)4-3-9(12)8-18/h3-8H,1-2H3. The number of aromatic nitrogens is 2. The molecule has 0 spiro atoms. The van der Waals surface area contributed by atoms with E-state index in [0.717, 1.165) is 6.29 Å². The molecule has 1 aromatic carbocycles. The third-order valence-corrected chi connectivity index (χ3v) is 2.82. The molecule has 0 atom stereocenters. The van der Waals surface area contributed by atoms with Crippen LogP contribution in [-0.4, -0.2) is 41.0 Å². The van der Waals surface area contributed by atoms with Crippen molar-refractivity contribution in [2.45, 2.75) is 0 Å². The molecule has 6 heteroatoms. The molecule has 0 aliphatic rings. The van der Waals surface area contributed by atoms with Crippen molar-refractivity contribution in [2.24, 2.45) is 0 Å². The van der Waals surface area contributed by atoms with Crippen LogP contribution in [0.3, 0.4) is 0 Å². The molecule has 0 saturated heterocycles. The maximum atomic E-state index is 11.8. The molecule has 2 aromatic rings. The predicted octanol–water partition coefficient (Wildman–Crippen LogP) is 2.04. The van der Waals surface area contributed by atoms with Crippen molar-refractivity contribution in [1.29, 1.82) is 0 Å². The van der Waals surface area contributed by atoms with Gasteiger partial charge in [-0.2, -0.15) is 5.10 Å². The Kier molecular flexibility index (Phi) is 3.66. The lowest BCUT2D eigenvalue weighted by Gasteiger charge is -2.08. The number of hydrogen-bond acceptors (Lipinski definition) is 3. The smallest absolute Gasteiger partial charge is 0.273 e. The maximum Gasteiger partial charge on any atom is 0.273 e. The summed E-state index contributed by atoms with van der Waals surface area (Å²) in [5.41, 5.74) is 1.30. The fourth-order valence-corrected chi connectivity index (χ4v) is 1.78. The summed E-state index contributed by atoms with van der Waals surface area (Å²) in [7, 11) is 3.30. The molecule has 2 rings (SSSR count). The van der Waals surface area contributed by atoms with Crippen LogP contribution in [-0.2, 0) is 0 Å². The fourth-order valence-electron chi connectivity index (χ4n) is 1.62. The molecular weight excluding hydrogens is 266 g/mol. The molecule has 1 aromatic heterocycles. The molecule has 98 valence electrons. The minimum atomic E-state index is -0.201. The van der Waals surface area contributed by atoms with E-state index in [1.54, 1.807) is 44.6 Å². The Bertz CT molecular complexity index is 635. The van der Waals surface area contributed by atoms with E-state index in [-0.39, 0.29) is 5.91 Å². The third-order valence-electron chi connectivity index (χ3n) is 2.58. The van der Waals surface area contributed by atoms with E-state index >= 15 is 0 Å². The van der Waals surface area contributed by atoms with Gasteiger partial charge >= 0.3 is 0 Å². The van der Waals surface area contributed by atoms with Gasteiger partial charge in [-0.25, -0.2) is 4.68 Å². The molecule has 0 radical (unpaired) electrons. The highest BCUT2D eigenvalue weighted by atomic mass is 35.5. The van der Waals surface area contributed by atoms with Gasteiger partial charge in [0.15, 0.2) is 12.0 Å². The van der Waals surface area contributed by atoms with Gasteiger partial charge in [-0.1, -0.05) is 11.6 Å². The van der Waals surface area contributed by atoms with Crippen molar-refractivity contribution >= 4 is 23.8 Å². The van der Waals surface area contributed by atoms with Gasteiger partial charge in [0.05, 0.1) is 5.69 Å². The molecule has 0 bridgehead atoms. The SMILES string of the molecule is CN(C)C(=O)c1ccn(-c2cc(Cl)ccc2C=O)n1. The lowest BCUT2D eigenvalue weighted by atomic mass is 10.2. The Morgan fingerprint density at radius 3 is 2.74 bits per heavy atom. The summed E-state index contributed by atoms with van der Waals surface area (Å²) in [4.78, 5) is 24.2. The summed E-state index contributed by atoms with van der Waals surface area (Å²) in [6.45, 7) is 0. The van der Waals surface area contributed by atoms with Crippen molar-refractivity contribution in [3.05, 3.63) is 46.7 Å². The van der Waals surface area contributed by atoms with Crippen molar-refractivity contribution in [1.82, 2.24) is 14.7 Å². The highest BCUT2D eigenvalue weighted by molar-refractivity contribution is 6.30. The second kappa shape index (κ2) is 5.24. The summed E-state index contributed by atoms with van der Waals surface area (Å²) in [6, 6.07) is 6.46. The normalized spacial score (nSPS) is 10.3. The maximum absolute atomic E-state index is 11.8. The van der Waals surface area contributed by atoms with Crippen molar-refractivity contribution < 1.29 is 9.59 Å². The van der Waals surface area contributed by atoms with Crippen LogP contribution in [0.15, 0.2) is 30.5 Å². The van der Waals surface area contributed by atoms with Crippen molar-refractivity contribution in [2.75, 3.05) is 14.1 Å². The fraction of sp³-hybridized carbons (Fsp3) is 0.154. The zero-order valence-corrected chi connectivity index (χ0v) is 11.3. The van der Waals surface area contributed by atoms with Gasteiger partial charge in [-0.15, -0.1) is 0 Å². The topological polar surface area (TPSA) is 55.2 Å². The van der Waals surface area contributed by atoms with Crippen molar-refractivity contribution in [3.63, 3.8) is 0 Å². The average Bonchev–Trinajstić information content (AvgIpc) is 2.87. The first-order chi connectivity index (χ1) is 9.02. The molecule has 0 fully saturated rings. The van der Waals surface area contributed by atoms with Gasteiger partial charge in [0.1, 0.15) is 0 Å². The van der Waals surface area contributed by atoms with Crippen LogP contribution in [0, 0.1) is 0 Å². The summed E-state index contributed by atoms with van der Waals surface area (Å²) in [6.07, 6.45) is 2.34. The van der Waals surface area contributed by atoms with E-state index in [0.29, 0.717) is 22.0 Å². The number of carbonyl (C=O) groups is 2. The summed E-state index contributed by atoms with van der Waals surface area (Å²) in [5, 5.41) is 4.66. The number of benzene rings is 1. The van der Waals surface area contributed by atoms with Crippen LogP contribution < -0.4 is 0 Å². The number of hydrogen-bond donors (Lipinski definition) is 0. The van der Waals surface area contributed by atoms with Gasteiger partial charge < -0.3 is 4.90 Å². The zero-order chi connectivity index (χ0) is 14.0. The van der Waals surface area contributed by atoms with Crippen LogP contribution in [0.4, 0.5) is 0 Å². The molecule has 0 aliphatic carbocycles. The largest absolute Gasteiger partial charge is 0.343 e. The molecule has 19 heavy (non-hydrogen) atoms. The Labute approximate surface area is 115 Å². The Morgan fingerprint density at radius 2 is 2.11 bits per heavy atom. The zero-order valence-electron chi connectivity index (χ0n) is 10.5. The van der Waals surface area contributed by atoms with E-state index in [2.05, 4.69) is 5.10 Å². The van der Waals surface area contributed by atoms with Crippen LogP contribution >= 0.6 is 11.6 Å². The first-order valence-corrected chi connectivity index (χ1v) is 5.93. The van der Waals surface area contributed by atoms with Gasteiger partial charge in [-0.05, 0) is 24.3 Å². The number of amides is 1. The van der Waals surface area contributed by atoms with Gasteiger partial charge in [0, 0.05) is 30.9 Å². The number of halogens is 1. The molecule has 1 amide bonds. The predicted molar refractivity (Wildman–Crippen MR) is 72.0 cm³/mol. The van der Waals surface area contributed by atoms with Crippen LogP contribution in [0.2, 0.25) is 5.02 Å². The molecule has 0 aliphatic heterocycles. The first kappa shape index (κ1) is 13.3. The minimum Gasteiger partial charge on any atom is -0.343 e. The minimum absolute atomic E-state index is 0.201. The molecule has 0 N–H and O–H groups in total. The molecule has 0 unspecified atom stereocenters. The van der Waals surface area contributed by atoms with Crippen LogP contribution in [0.5, 0.6) is 0 Å². The van der Waals surface area contributed by atoms with Crippen LogP contribution in [0.25, 0.3) is 5.69 Å². The Hall–Kier alpha value is -2.14. The quantitative estimate of drug-likeness (QED) is 0.807. The molecular formula is C13H12ClN3O2. The van der Waals surface area contributed by atoms with E-state index in [1.807, 2.05) is 0 Å². The summed E-state index contributed by atoms with van der Waals surface area (Å²) >= 11 is 5.91. The monoisotopic (exact) mass is 277 g/mol. The number of rotatable bonds is 3.